The lowest BCUT2D eigenvalue weighted by Crippen LogP contribution is -2.43. The number of esters is 2. The molecule has 2 aliphatic rings. The van der Waals surface area contributed by atoms with E-state index < -0.39 is 29.6 Å². The number of aromatic hydroxyl groups is 1. The summed E-state index contributed by atoms with van der Waals surface area (Å²) in [6.45, 7) is 7.66. The Morgan fingerprint density at radius 1 is 1.24 bits per heavy atom. The zero-order valence-electron chi connectivity index (χ0n) is 19.6. The Labute approximate surface area is 193 Å². The minimum atomic E-state index is -0.967. The van der Waals surface area contributed by atoms with Gasteiger partial charge in [0.1, 0.15) is 18.3 Å². The van der Waals surface area contributed by atoms with Gasteiger partial charge in [0.25, 0.3) is 0 Å². The van der Waals surface area contributed by atoms with Gasteiger partial charge >= 0.3 is 11.9 Å². The quantitative estimate of drug-likeness (QED) is 0.365. The van der Waals surface area contributed by atoms with E-state index in [0.29, 0.717) is 29.0 Å². The number of dihydropyridines is 1. The van der Waals surface area contributed by atoms with Gasteiger partial charge in [-0.1, -0.05) is 19.1 Å². The van der Waals surface area contributed by atoms with Gasteiger partial charge in [-0.2, -0.15) is 0 Å². The summed E-state index contributed by atoms with van der Waals surface area (Å²) in [6.07, 6.45) is 0.448. The van der Waals surface area contributed by atoms with Crippen molar-refractivity contribution in [2.24, 2.45) is 11.8 Å². The number of rotatable bonds is 7. The normalized spacial score (nSPS) is 22.7. The topological polar surface area (TPSA) is 111 Å². The van der Waals surface area contributed by atoms with Crippen molar-refractivity contribution in [2.75, 3.05) is 20.3 Å². The molecule has 0 fully saturated rings. The van der Waals surface area contributed by atoms with E-state index in [9.17, 15) is 19.5 Å². The second-order valence-corrected chi connectivity index (χ2v) is 8.69. The second-order valence-electron chi connectivity index (χ2n) is 8.69. The fraction of sp³-hybridized carbons (Fsp3) is 0.480. The Kier molecular flexibility index (Phi) is 7.58. The van der Waals surface area contributed by atoms with E-state index in [0.717, 1.165) is 0 Å². The van der Waals surface area contributed by atoms with Crippen LogP contribution >= 0.6 is 0 Å². The zero-order valence-corrected chi connectivity index (χ0v) is 19.6. The Morgan fingerprint density at radius 2 is 1.97 bits per heavy atom. The minimum absolute atomic E-state index is 0.00466. The van der Waals surface area contributed by atoms with Crippen LogP contribution in [0, 0.1) is 11.8 Å². The van der Waals surface area contributed by atoms with Gasteiger partial charge in [0.2, 0.25) is 0 Å². The third kappa shape index (κ3) is 5.11. The van der Waals surface area contributed by atoms with Crippen LogP contribution in [-0.4, -0.2) is 49.3 Å². The zero-order chi connectivity index (χ0) is 24.3. The molecule has 178 valence electrons. The molecule has 3 atom stereocenters. The van der Waals surface area contributed by atoms with Crippen LogP contribution in [0.5, 0.6) is 5.75 Å². The van der Waals surface area contributed by atoms with Gasteiger partial charge in [0, 0.05) is 22.9 Å². The summed E-state index contributed by atoms with van der Waals surface area (Å²) in [4.78, 5) is 39.2. The summed E-state index contributed by atoms with van der Waals surface area (Å²) in [5.74, 6) is -3.61. The number of carbonyl (C=O) groups is 3. The highest BCUT2D eigenvalue weighted by Gasteiger charge is 2.47. The Morgan fingerprint density at radius 3 is 2.61 bits per heavy atom. The molecule has 0 radical (unpaired) electrons. The van der Waals surface area contributed by atoms with Crippen LogP contribution in [0.15, 0.2) is 46.8 Å². The van der Waals surface area contributed by atoms with Crippen molar-refractivity contribution in [1.29, 1.82) is 0 Å². The first kappa shape index (κ1) is 24.5. The molecule has 0 spiro atoms. The minimum Gasteiger partial charge on any atom is -0.508 e. The maximum atomic E-state index is 13.6. The number of Topliss-reactive ketones (excluding diaryl/α,β-unsaturated/α-hetero) is 1. The monoisotopic (exact) mass is 457 g/mol. The first-order chi connectivity index (χ1) is 15.6. The van der Waals surface area contributed by atoms with Crippen molar-refractivity contribution in [1.82, 2.24) is 5.32 Å². The first-order valence-electron chi connectivity index (χ1n) is 11.1. The van der Waals surface area contributed by atoms with Crippen molar-refractivity contribution in [3.8, 4) is 5.75 Å². The lowest BCUT2D eigenvalue weighted by atomic mass is 9.69. The van der Waals surface area contributed by atoms with E-state index in [1.165, 1.54) is 19.2 Å². The largest absolute Gasteiger partial charge is 0.508 e. The summed E-state index contributed by atoms with van der Waals surface area (Å²) in [5.41, 5.74) is 2.37. The fourth-order valence-corrected chi connectivity index (χ4v) is 4.48. The van der Waals surface area contributed by atoms with E-state index >= 15 is 0 Å². The van der Waals surface area contributed by atoms with Crippen LogP contribution in [-0.2, 0) is 28.6 Å². The van der Waals surface area contributed by atoms with Crippen LogP contribution in [0.1, 0.15) is 45.6 Å². The molecule has 1 aliphatic heterocycles. The number of hydrogen-bond donors (Lipinski definition) is 2. The SMILES string of the molecule is COC(=O)[C@@H]1C(=O)C2=C(C[C@@H]1C)NC(C)=C(C(=O)OCCOC(C)C)[C@H]2c1cccc(O)c1. The smallest absolute Gasteiger partial charge is 0.336 e. The van der Waals surface area contributed by atoms with Crippen molar-refractivity contribution in [3.63, 3.8) is 0 Å². The van der Waals surface area contributed by atoms with Crippen LogP contribution < -0.4 is 5.32 Å². The lowest BCUT2D eigenvalue weighted by Gasteiger charge is -2.38. The van der Waals surface area contributed by atoms with Crippen molar-refractivity contribution < 1.29 is 33.7 Å². The summed E-state index contributed by atoms with van der Waals surface area (Å²) in [7, 11) is 1.25. The third-order valence-electron chi connectivity index (χ3n) is 5.93. The van der Waals surface area contributed by atoms with E-state index in [4.69, 9.17) is 14.2 Å². The molecular formula is C25H31NO7. The molecule has 1 aromatic carbocycles. The third-order valence-corrected chi connectivity index (χ3v) is 5.93. The van der Waals surface area contributed by atoms with Crippen molar-refractivity contribution in [3.05, 3.63) is 52.4 Å². The highest BCUT2D eigenvalue weighted by molar-refractivity contribution is 6.12. The number of ether oxygens (including phenoxy) is 3. The van der Waals surface area contributed by atoms with Gasteiger partial charge in [-0.3, -0.25) is 9.59 Å². The molecule has 8 nitrogen and oxygen atoms in total. The van der Waals surface area contributed by atoms with Crippen LogP contribution in [0.2, 0.25) is 0 Å². The lowest BCUT2D eigenvalue weighted by molar-refractivity contribution is -0.151. The molecule has 0 saturated heterocycles. The van der Waals surface area contributed by atoms with E-state index in [-0.39, 0.29) is 36.6 Å². The standard InChI is InChI=1S/C25H31NO7/c1-13(2)32-9-10-33-25(30)20-15(4)26-18-11-14(3)19(24(29)31-5)23(28)22(18)21(20)16-7-6-8-17(27)12-16/h6-8,12-14,19,21,26-27H,9-11H2,1-5H3/t14-,19-,21+/m0/s1. The van der Waals surface area contributed by atoms with Gasteiger partial charge < -0.3 is 24.6 Å². The molecule has 0 saturated carbocycles. The molecule has 33 heavy (non-hydrogen) atoms. The number of benzene rings is 1. The van der Waals surface area contributed by atoms with Crippen molar-refractivity contribution >= 4 is 17.7 Å². The van der Waals surface area contributed by atoms with Gasteiger partial charge in [0.15, 0.2) is 5.78 Å². The molecule has 0 amide bonds. The predicted octanol–water partition coefficient (Wildman–Crippen LogP) is 2.97. The number of methoxy groups -OCH3 is 1. The van der Waals surface area contributed by atoms with Crippen LogP contribution in [0.3, 0.4) is 0 Å². The number of allylic oxidation sites excluding steroid dienone is 3. The summed E-state index contributed by atoms with van der Waals surface area (Å²) in [6, 6.07) is 6.41. The summed E-state index contributed by atoms with van der Waals surface area (Å²) in [5, 5.41) is 13.3. The molecule has 1 heterocycles. The van der Waals surface area contributed by atoms with Gasteiger partial charge in [0.05, 0.1) is 25.4 Å². The maximum absolute atomic E-state index is 13.6. The number of carbonyl (C=O) groups excluding carboxylic acids is 3. The summed E-state index contributed by atoms with van der Waals surface area (Å²) >= 11 is 0. The van der Waals surface area contributed by atoms with E-state index in [1.807, 2.05) is 20.8 Å². The van der Waals surface area contributed by atoms with Crippen LogP contribution in [0.4, 0.5) is 0 Å². The van der Waals surface area contributed by atoms with E-state index in [2.05, 4.69) is 5.32 Å². The molecular weight excluding hydrogens is 426 g/mol. The molecule has 1 aromatic rings. The predicted molar refractivity (Wildman–Crippen MR) is 120 cm³/mol. The van der Waals surface area contributed by atoms with Crippen LogP contribution in [0.25, 0.3) is 0 Å². The molecule has 3 rings (SSSR count). The number of ketones is 1. The maximum Gasteiger partial charge on any atom is 0.336 e. The Hall–Kier alpha value is -3.13. The number of nitrogens with one attached hydrogen (secondary N) is 1. The number of hydrogen-bond acceptors (Lipinski definition) is 8. The first-order valence-corrected chi connectivity index (χ1v) is 11.1. The van der Waals surface area contributed by atoms with E-state index in [1.54, 1.807) is 19.1 Å². The highest BCUT2D eigenvalue weighted by atomic mass is 16.6. The Balaban J connectivity index is 2.04. The van der Waals surface area contributed by atoms with Gasteiger partial charge in [-0.25, -0.2) is 4.79 Å². The molecule has 2 N–H and O–H groups in total. The number of phenols is 1. The van der Waals surface area contributed by atoms with Gasteiger partial charge in [-0.15, -0.1) is 0 Å². The molecule has 0 bridgehead atoms. The van der Waals surface area contributed by atoms with Gasteiger partial charge in [-0.05, 0) is 50.8 Å². The highest BCUT2D eigenvalue weighted by Crippen LogP contribution is 2.45. The Bertz CT molecular complexity index is 1010. The average molecular weight is 458 g/mol. The molecule has 8 heteroatoms. The molecule has 0 unspecified atom stereocenters. The molecule has 0 aromatic heterocycles. The van der Waals surface area contributed by atoms with Crippen molar-refractivity contribution in [2.45, 2.75) is 46.1 Å². The number of phenolic OH excluding ortho intramolecular Hbond substituents is 1. The molecule has 1 aliphatic carbocycles. The average Bonchev–Trinajstić information content (AvgIpc) is 2.75. The fourth-order valence-electron chi connectivity index (χ4n) is 4.48. The summed E-state index contributed by atoms with van der Waals surface area (Å²) < 4.78 is 15.8. The second kappa shape index (κ2) is 10.2.